The molecule has 1 aromatic carbocycles. The molecule has 0 fully saturated rings. The number of benzene rings is 1. The predicted octanol–water partition coefficient (Wildman–Crippen LogP) is 0.331. The number of carbonyl (C=O) groups is 1. The summed E-state index contributed by atoms with van der Waals surface area (Å²) in [6.45, 7) is 0. The number of nitrogens with two attached hydrogens (primary N) is 2. The minimum atomic E-state index is -0.645. The Morgan fingerprint density at radius 2 is 2.05 bits per heavy atom. The van der Waals surface area contributed by atoms with E-state index >= 15 is 0 Å². The van der Waals surface area contributed by atoms with Crippen molar-refractivity contribution in [2.75, 3.05) is 5.01 Å². The lowest BCUT2D eigenvalue weighted by molar-refractivity contribution is 0.246. The summed E-state index contributed by atoms with van der Waals surface area (Å²) in [5.41, 5.74) is 3.76. The zero-order chi connectivity index (χ0) is 13.7. The lowest BCUT2D eigenvalue weighted by atomic mass is 10.1. The van der Waals surface area contributed by atoms with Crippen LogP contribution in [0.1, 0.15) is 11.1 Å². The highest BCUT2D eigenvalue weighted by molar-refractivity contribution is 5.89. The largest absolute Gasteiger partial charge is 0.351 e. The van der Waals surface area contributed by atoms with Crippen molar-refractivity contribution in [1.82, 2.24) is 15.4 Å². The van der Waals surface area contributed by atoms with Crippen molar-refractivity contribution < 1.29 is 4.79 Å². The molecule has 7 nitrogen and oxygen atoms in total. The number of carbonyl (C=O) groups excluding carboxylic acids is 1. The van der Waals surface area contributed by atoms with Crippen LogP contribution in [0.5, 0.6) is 0 Å². The molecule has 1 heterocycles. The summed E-state index contributed by atoms with van der Waals surface area (Å²) in [7, 11) is 0. The first-order valence-electron chi connectivity index (χ1n) is 5.60. The second-order valence-corrected chi connectivity index (χ2v) is 3.85. The van der Waals surface area contributed by atoms with Gasteiger partial charge in [-0.1, -0.05) is 30.3 Å². The first-order valence-corrected chi connectivity index (χ1v) is 5.60. The number of hydrogen-bond donors (Lipinski definition) is 3. The standard InChI is InChI=1S/C12H14N6O/c13-17-12(19)18(14)11-10(7-15-8-16-11)6-9-4-2-1-3-5-9/h1-5,7-8H,6,13-14H2,(H,17,19). The van der Waals surface area contributed by atoms with Crippen LogP contribution < -0.4 is 22.1 Å². The Balaban J connectivity index is 2.29. The van der Waals surface area contributed by atoms with E-state index in [0.717, 1.165) is 16.1 Å². The summed E-state index contributed by atoms with van der Waals surface area (Å²) in [5, 5.41) is 0.861. The van der Waals surface area contributed by atoms with E-state index in [4.69, 9.17) is 11.7 Å². The smallest absolute Gasteiger partial charge is 0.274 e. The summed E-state index contributed by atoms with van der Waals surface area (Å²) < 4.78 is 0. The topological polar surface area (TPSA) is 110 Å². The predicted molar refractivity (Wildman–Crippen MR) is 70.7 cm³/mol. The highest BCUT2D eigenvalue weighted by Gasteiger charge is 2.16. The third-order valence-corrected chi connectivity index (χ3v) is 2.57. The van der Waals surface area contributed by atoms with Crippen LogP contribution in [0.25, 0.3) is 0 Å². The van der Waals surface area contributed by atoms with Gasteiger partial charge in [-0.25, -0.2) is 31.5 Å². The second-order valence-electron chi connectivity index (χ2n) is 3.85. The van der Waals surface area contributed by atoms with E-state index < -0.39 is 6.03 Å². The van der Waals surface area contributed by atoms with E-state index in [9.17, 15) is 4.79 Å². The van der Waals surface area contributed by atoms with Crippen molar-refractivity contribution in [3.63, 3.8) is 0 Å². The maximum absolute atomic E-state index is 11.4. The van der Waals surface area contributed by atoms with E-state index in [1.54, 1.807) is 6.20 Å². The number of anilines is 1. The van der Waals surface area contributed by atoms with Crippen LogP contribution in [0, 0.1) is 0 Å². The molecular formula is C12H14N6O. The van der Waals surface area contributed by atoms with Gasteiger partial charge in [0.2, 0.25) is 0 Å². The molecule has 2 rings (SSSR count). The van der Waals surface area contributed by atoms with Gasteiger partial charge in [0.1, 0.15) is 6.33 Å². The number of aromatic nitrogens is 2. The second kappa shape index (κ2) is 5.89. The monoisotopic (exact) mass is 258 g/mol. The number of nitrogens with zero attached hydrogens (tertiary/aromatic N) is 3. The molecule has 1 aromatic heterocycles. The third-order valence-electron chi connectivity index (χ3n) is 2.57. The Morgan fingerprint density at radius 1 is 1.32 bits per heavy atom. The van der Waals surface area contributed by atoms with Crippen molar-refractivity contribution in [1.29, 1.82) is 0 Å². The van der Waals surface area contributed by atoms with Gasteiger partial charge in [0.05, 0.1) is 0 Å². The van der Waals surface area contributed by atoms with Crippen molar-refractivity contribution in [3.05, 3.63) is 54.0 Å². The first-order chi connectivity index (χ1) is 9.22. The molecule has 2 amide bonds. The van der Waals surface area contributed by atoms with E-state index in [2.05, 4.69) is 9.97 Å². The molecule has 0 bridgehead atoms. The Kier molecular flexibility index (Phi) is 4.01. The third kappa shape index (κ3) is 3.03. The van der Waals surface area contributed by atoms with Gasteiger partial charge in [0.25, 0.3) is 0 Å². The van der Waals surface area contributed by atoms with Gasteiger partial charge in [0.15, 0.2) is 5.82 Å². The van der Waals surface area contributed by atoms with Gasteiger partial charge in [-0.05, 0) is 5.56 Å². The highest BCUT2D eigenvalue weighted by atomic mass is 16.2. The van der Waals surface area contributed by atoms with E-state index in [-0.39, 0.29) is 0 Å². The maximum atomic E-state index is 11.4. The summed E-state index contributed by atoms with van der Waals surface area (Å²) in [4.78, 5) is 19.4. The van der Waals surface area contributed by atoms with Crippen molar-refractivity contribution >= 4 is 11.8 Å². The minimum Gasteiger partial charge on any atom is -0.274 e. The molecular weight excluding hydrogens is 244 g/mol. The zero-order valence-corrected chi connectivity index (χ0v) is 10.2. The number of urea groups is 1. The fraction of sp³-hybridized carbons (Fsp3) is 0.0833. The van der Waals surface area contributed by atoms with Crippen LogP contribution in [0.2, 0.25) is 0 Å². The minimum absolute atomic E-state index is 0.321. The molecule has 7 heteroatoms. The fourth-order valence-electron chi connectivity index (χ4n) is 1.68. The average Bonchev–Trinajstić information content (AvgIpc) is 2.47. The highest BCUT2D eigenvalue weighted by Crippen LogP contribution is 2.17. The van der Waals surface area contributed by atoms with Crippen molar-refractivity contribution in [2.24, 2.45) is 11.7 Å². The molecule has 0 aliphatic carbocycles. The molecule has 98 valence electrons. The van der Waals surface area contributed by atoms with Gasteiger partial charge in [-0.15, -0.1) is 0 Å². The number of rotatable bonds is 3. The lowest BCUT2D eigenvalue weighted by Gasteiger charge is -2.17. The van der Waals surface area contributed by atoms with Crippen LogP contribution in [-0.4, -0.2) is 16.0 Å². The molecule has 0 atom stereocenters. The summed E-state index contributed by atoms with van der Waals surface area (Å²) >= 11 is 0. The molecule has 0 saturated carbocycles. The molecule has 0 unspecified atom stereocenters. The molecule has 0 aliphatic heterocycles. The Labute approximate surface area is 110 Å². The van der Waals surface area contributed by atoms with Crippen LogP contribution in [0.4, 0.5) is 10.6 Å². The first kappa shape index (κ1) is 12.9. The fourth-order valence-corrected chi connectivity index (χ4v) is 1.68. The molecule has 2 aromatic rings. The van der Waals surface area contributed by atoms with Crippen LogP contribution in [-0.2, 0) is 6.42 Å². The summed E-state index contributed by atoms with van der Waals surface area (Å²) in [6, 6.07) is 9.11. The van der Waals surface area contributed by atoms with Gasteiger partial charge in [0, 0.05) is 18.2 Å². The number of hydrazine groups is 2. The molecule has 0 radical (unpaired) electrons. The van der Waals surface area contributed by atoms with Gasteiger partial charge in [-0.2, -0.15) is 0 Å². The number of amides is 2. The summed E-state index contributed by atoms with van der Waals surface area (Å²) in [6.07, 6.45) is 3.52. The molecule has 0 spiro atoms. The zero-order valence-electron chi connectivity index (χ0n) is 10.2. The quantitative estimate of drug-likeness (QED) is 0.417. The van der Waals surface area contributed by atoms with Crippen molar-refractivity contribution in [2.45, 2.75) is 6.42 Å². The van der Waals surface area contributed by atoms with Crippen LogP contribution >= 0.6 is 0 Å². The Morgan fingerprint density at radius 3 is 2.74 bits per heavy atom. The SMILES string of the molecule is NNC(=O)N(N)c1ncncc1Cc1ccccc1. The van der Waals surface area contributed by atoms with Crippen LogP contribution in [0.3, 0.4) is 0 Å². The number of hydrogen-bond acceptors (Lipinski definition) is 5. The van der Waals surface area contributed by atoms with E-state index in [1.807, 2.05) is 35.8 Å². The normalized spacial score (nSPS) is 10.0. The van der Waals surface area contributed by atoms with Gasteiger partial charge >= 0.3 is 6.03 Å². The van der Waals surface area contributed by atoms with Gasteiger partial charge in [-0.3, -0.25) is 5.43 Å². The molecule has 19 heavy (non-hydrogen) atoms. The van der Waals surface area contributed by atoms with E-state index in [1.165, 1.54) is 6.33 Å². The van der Waals surface area contributed by atoms with Gasteiger partial charge < -0.3 is 0 Å². The number of nitrogens with one attached hydrogen (secondary N) is 1. The summed E-state index contributed by atoms with van der Waals surface area (Å²) in [5.74, 6) is 11.0. The van der Waals surface area contributed by atoms with Crippen molar-refractivity contribution in [3.8, 4) is 0 Å². The average molecular weight is 258 g/mol. The molecule has 0 saturated heterocycles. The lowest BCUT2D eigenvalue weighted by Crippen LogP contribution is -2.48. The van der Waals surface area contributed by atoms with E-state index in [0.29, 0.717) is 12.2 Å². The Bertz CT molecular complexity index is 559. The maximum Gasteiger partial charge on any atom is 0.351 e. The molecule has 5 N–H and O–H groups in total. The molecule has 0 aliphatic rings. The Hall–Kier alpha value is -2.51. The van der Waals surface area contributed by atoms with Crippen LogP contribution in [0.15, 0.2) is 42.9 Å².